The molecule has 0 aromatic heterocycles. The summed E-state index contributed by atoms with van der Waals surface area (Å²) >= 11 is 0. The van der Waals surface area contributed by atoms with Crippen LogP contribution in [-0.2, 0) is 9.47 Å². The molecule has 2 nitrogen and oxygen atoms in total. The second-order valence-corrected chi connectivity index (χ2v) is 9.14. The molecule has 4 rings (SSSR count). The van der Waals surface area contributed by atoms with Crippen LogP contribution < -0.4 is 0 Å². The van der Waals surface area contributed by atoms with Gasteiger partial charge in [-0.25, -0.2) is 4.39 Å². The van der Waals surface area contributed by atoms with Gasteiger partial charge in [-0.05, 0) is 61.1 Å². The van der Waals surface area contributed by atoms with Crippen molar-refractivity contribution in [2.75, 3.05) is 13.2 Å². The molecule has 0 amide bonds. The summed E-state index contributed by atoms with van der Waals surface area (Å²) in [7, 11) is 0. The van der Waals surface area contributed by atoms with Crippen LogP contribution in [0.4, 0.5) is 4.39 Å². The zero-order valence-electron chi connectivity index (χ0n) is 18.4. The fourth-order valence-corrected chi connectivity index (χ4v) is 5.05. The minimum absolute atomic E-state index is 0.120. The van der Waals surface area contributed by atoms with E-state index in [-0.39, 0.29) is 12.1 Å². The Bertz CT molecular complexity index is 800. The molecule has 2 aromatic rings. The first-order chi connectivity index (χ1) is 14.7. The van der Waals surface area contributed by atoms with Crippen LogP contribution in [0, 0.1) is 17.7 Å². The lowest BCUT2D eigenvalue weighted by Crippen LogP contribution is -2.26. The van der Waals surface area contributed by atoms with Crippen molar-refractivity contribution >= 4 is 0 Å². The van der Waals surface area contributed by atoms with Crippen molar-refractivity contribution in [1.29, 1.82) is 0 Å². The quantitative estimate of drug-likeness (QED) is 0.487. The van der Waals surface area contributed by atoms with Gasteiger partial charge in [0.05, 0.1) is 13.2 Å². The highest BCUT2D eigenvalue weighted by Gasteiger charge is 2.24. The van der Waals surface area contributed by atoms with Crippen molar-refractivity contribution in [2.45, 2.75) is 71.0 Å². The van der Waals surface area contributed by atoms with Crippen molar-refractivity contribution in [2.24, 2.45) is 11.8 Å². The molecule has 2 fully saturated rings. The summed E-state index contributed by atoms with van der Waals surface area (Å²) in [5, 5.41) is 0. The number of hydrogen-bond donors (Lipinski definition) is 0. The molecule has 0 bridgehead atoms. The highest BCUT2D eigenvalue weighted by molar-refractivity contribution is 5.65. The maximum atomic E-state index is 15.0. The second-order valence-electron chi connectivity index (χ2n) is 9.14. The fraction of sp³-hybridized carbons (Fsp3) is 0.556. The van der Waals surface area contributed by atoms with Gasteiger partial charge in [-0.2, -0.15) is 0 Å². The van der Waals surface area contributed by atoms with E-state index in [1.807, 2.05) is 30.3 Å². The third-order valence-electron chi connectivity index (χ3n) is 7.05. The normalized spacial score (nSPS) is 27.2. The summed E-state index contributed by atoms with van der Waals surface area (Å²) in [6.07, 6.45) is 8.18. The third kappa shape index (κ3) is 4.95. The number of halogens is 1. The predicted molar refractivity (Wildman–Crippen MR) is 120 cm³/mol. The second kappa shape index (κ2) is 10.1. The molecule has 30 heavy (non-hydrogen) atoms. The van der Waals surface area contributed by atoms with E-state index in [9.17, 15) is 4.39 Å². The van der Waals surface area contributed by atoms with Gasteiger partial charge in [-0.1, -0.05) is 63.1 Å². The maximum Gasteiger partial charge on any atom is 0.183 e. The first-order valence-electron chi connectivity index (χ1n) is 11.8. The van der Waals surface area contributed by atoms with Crippen LogP contribution in [0.3, 0.4) is 0 Å². The average molecular weight is 411 g/mol. The number of hydrogen-bond acceptors (Lipinski definition) is 2. The Morgan fingerprint density at radius 3 is 2.10 bits per heavy atom. The van der Waals surface area contributed by atoms with Crippen molar-refractivity contribution in [3.05, 3.63) is 59.4 Å². The highest BCUT2D eigenvalue weighted by Crippen LogP contribution is 2.38. The lowest BCUT2D eigenvalue weighted by Gasteiger charge is -2.29. The molecule has 2 aliphatic rings. The smallest absolute Gasteiger partial charge is 0.183 e. The largest absolute Gasteiger partial charge is 0.348 e. The predicted octanol–water partition coefficient (Wildman–Crippen LogP) is 7.64. The van der Waals surface area contributed by atoms with Gasteiger partial charge in [0.15, 0.2) is 6.29 Å². The van der Waals surface area contributed by atoms with E-state index in [1.54, 1.807) is 6.07 Å². The molecule has 2 aromatic carbocycles. The average Bonchev–Trinajstić information content (AvgIpc) is 2.80. The van der Waals surface area contributed by atoms with Crippen molar-refractivity contribution in [3.63, 3.8) is 0 Å². The fourth-order valence-electron chi connectivity index (χ4n) is 5.05. The molecule has 1 aliphatic heterocycles. The van der Waals surface area contributed by atoms with Crippen LogP contribution in [-0.4, -0.2) is 13.2 Å². The molecule has 0 unspecified atom stereocenters. The van der Waals surface area contributed by atoms with Gasteiger partial charge in [0.25, 0.3) is 0 Å². The Balaban J connectivity index is 1.41. The molecule has 1 saturated carbocycles. The van der Waals surface area contributed by atoms with Crippen LogP contribution in [0.2, 0.25) is 0 Å². The Kier molecular flexibility index (Phi) is 7.22. The lowest BCUT2D eigenvalue weighted by molar-refractivity contribution is -0.206. The summed E-state index contributed by atoms with van der Waals surface area (Å²) in [6.45, 7) is 5.96. The van der Waals surface area contributed by atoms with Crippen LogP contribution >= 0.6 is 0 Å². The number of ether oxygens (including phenoxy) is 2. The molecular weight excluding hydrogens is 375 g/mol. The van der Waals surface area contributed by atoms with Gasteiger partial charge in [-0.15, -0.1) is 0 Å². The number of rotatable bonds is 6. The maximum absolute atomic E-state index is 15.0. The molecule has 0 spiro atoms. The highest BCUT2D eigenvalue weighted by atomic mass is 19.1. The van der Waals surface area contributed by atoms with E-state index in [1.165, 1.54) is 32.1 Å². The molecule has 0 radical (unpaired) electrons. The zero-order chi connectivity index (χ0) is 20.9. The third-order valence-corrected chi connectivity index (χ3v) is 7.05. The van der Waals surface area contributed by atoms with Gasteiger partial charge in [-0.3, -0.25) is 0 Å². The van der Waals surface area contributed by atoms with Crippen LogP contribution in [0.25, 0.3) is 11.1 Å². The molecule has 1 saturated heterocycles. The van der Waals surface area contributed by atoms with E-state index in [0.29, 0.717) is 17.4 Å². The van der Waals surface area contributed by atoms with Crippen molar-refractivity contribution < 1.29 is 13.9 Å². The first-order valence-corrected chi connectivity index (χ1v) is 11.8. The Morgan fingerprint density at radius 1 is 0.833 bits per heavy atom. The van der Waals surface area contributed by atoms with E-state index in [2.05, 4.69) is 19.9 Å². The van der Waals surface area contributed by atoms with Gasteiger partial charge in [0, 0.05) is 17.0 Å². The monoisotopic (exact) mass is 410 g/mol. The van der Waals surface area contributed by atoms with Gasteiger partial charge in [0.2, 0.25) is 0 Å². The molecule has 1 aliphatic carbocycles. The topological polar surface area (TPSA) is 18.5 Å². The van der Waals surface area contributed by atoms with Crippen molar-refractivity contribution in [3.8, 4) is 11.1 Å². The summed E-state index contributed by atoms with van der Waals surface area (Å²) in [5.74, 6) is 1.75. The minimum Gasteiger partial charge on any atom is -0.348 e. The summed E-state index contributed by atoms with van der Waals surface area (Å²) in [6, 6.07) is 13.8. The standard InChI is InChI=1S/C27H35FO2/c1-3-5-20-17-29-27(30-18-20)23-12-10-22(11-13-23)25-15-14-24(16-26(25)28)21-8-6-19(4-2)7-9-21/h10-16,19-21,27H,3-9,17-18H2,1-2H3/t19-,20?,21-,27?. The van der Waals surface area contributed by atoms with E-state index in [4.69, 9.17) is 9.47 Å². The lowest BCUT2D eigenvalue weighted by atomic mass is 9.77. The van der Waals surface area contributed by atoms with Crippen LogP contribution in [0.5, 0.6) is 0 Å². The first kappa shape index (κ1) is 21.5. The van der Waals surface area contributed by atoms with E-state index in [0.717, 1.165) is 48.7 Å². The minimum atomic E-state index is -0.308. The molecular formula is C27H35FO2. The van der Waals surface area contributed by atoms with E-state index >= 15 is 0 Å². The van der Waals surface area contributed by atoms with E-state index < -0.39 is 0 Å². The molecule has 1 heterocycles. The van der Waals surface area contributed by atoms with Crippen molar-refractivity contribution in [1.82, 2.24) is 0 Å². The summed E-state index contributed by atoms with van der Waals surface area (Å²) in [5.41, 5.74) is 3.73. The van der Waals surface area contributed by atoms with Crippen LogP contribution in [0.1, 0.15) is 82.1 Å². The Morgan fingerprint density at radius 2 is 1.50 bits per heavy atom. The van der Waals surface area contributed by atoms with Gasteiger partial charge < -0.3 is 9.47 Å². The summed E-state index contributed by atoms with van der Waals surface area (Å²) < 4.78 is 26.8. The Hall–Kier alpha value is -1.71. The number of benzene rings is 2. The molecule has 162 valence electrons. The van der Waals surface area contributed by atoms with Crippen LogP contribution in [0.15, 0.2) is 42.5 Å². The molecule has 0 atom stereocenters. The molecule has 0 N–H and O–H groups in total. The SMILES string of the molecule is CCCC1COC(c2ccc(-c3ccc([C@H]4CC[C@H](CC)CC4)cc3F)cc2)OC1. The van der Waals surface area contributed by atoms with Gasteiger partial charge >= 0.3 is 0 Å². The Labute approximate surface area is 180 Å². The van der Waals surface area contributed by atoms with Gasteiger partial charge in [0.1, 0.15) is 5.82 Å². The summed E-state index contributed by atoms with van der Waals surface area (Å²) in [4.78, 5) is 0. The molecule has 3 heteroatoms. The zero-order valence-corrected chi connectivity index (χ0v) is 18.4.